The van der Waals surface area contributed by atoms with Gasteiger partial charge in [0, 0.05) is 0 Å². The fourth-order valence-corrected chi connectivity index (χ4v) is 10.4. The van der Waals surface area contributed by atoms with E-state index in [0.717, 1.165) is 17.4 Å². The van der Waals surface area contributed by atoms with Crippen molar-refractivity contribution in [3.63, 3.8) is 0 Å². The summed E-state index contributed by atoms with van der Waals surface area (Å²) < 4.78 is 0. The summed E-state index contributed by atoms with van der Waals surface area (Å²) in [5.74, 6) is 1.83. The molecular formula is C15H32Si. The molecule has 0 aromatic rings. The van der Waals surface area contributed by atoms with Crippen LogP contribution in [0.15, 0.2) is 0 Å². The van der Waals surface area contributed by atoms with E-state index in [1.165, 1.54) is 19.3 Å². The molecule has 1 rings (SSSR count). The van der Waals surface area contributed by atoms with Gasteiger partial charge in [-0.1, -0.05) is 78.4 Å². The summed E-state index contributed by atoms with van der Waals surface area (Å²) in [5, 5.41) is 0. The van der Waals surface area contributed by atoms with Gasteiger partial charge in [-0.3, -0.25) is 0 Å². The average Bonchev–Trinajstić information content (AvgIpc) is 2.16. The average molecular weight is 241 g/mol. The summed E-state index contributed by atoms with van der Waals surface area (Å²) >= 11 is 0. The van der Waals surface area contributed by atoms with Crippen molar-refractivity contribution in [2.75, 3.05) is 0 Å². The Bertz CT molecular complexity index is 180. The van der Waals surface area contributed by atoms with Crippen LogP contribution in [0.3, 0.4) is 0 Å². The molecule has 16 heavy (non-hydrogen) atoms. The lowest BCUT2D eigenvalue weighted by atomic mass is 10.0. The highest BCUT2D eigenvalue weighted by molar-refractivity contribution is 6.80. The normalized spacial score (nSPS) is 19.7. The van der Waals surface area contributed by atoms with Crippen molar-refractivity contribution in [3.8, 4) is 0 Å². The minimum absolute atomic E-state index is 0.914. The summed E-state index contributed by atoms with van der Waals surface area (Å²) in [6.07, 6.45) is 7.65. The minimum atomic E-state index is -0.975. The summed E-state index contributed by atoms with van der Waals surface area (Å²) in [4.78, 5) is 0. The quantitative estimate of drug-likeness (QED) is 0.540. The second kappa shape index (κ2) is 6.23. The van der Waals surface area contributed by atoms with Gasteiger partial charge in [0.1, 0.15) is 0 Å². The van der Waals surface area contributed by atoms with E-state index in [1.807, 2.05) is 0 Å². The SMILES string of the molecule is CC(C)C[Si](C)(CC(C)C)C1CCCCC1. The van der Waals surface area contributed by atoms with Gasteiger partial charge < -0.3 is 0 Å². The Balaban J connectivity index is 2.67. The first-order valence-electron chi connectivity index (χ1n) is 7.44. The van der Waals surface area contributed by atoms with Gasteiger partial charge in [-0.05, 0) is 17.4 Å². The Labute approximate surface area is 104 Å². The van der Waals surface area contributed by atoms with Gasteiger partial charge in [0.2, 0.25) is 0 Å². The molecule has 96 valence electrons. The summed E-state index contributed by atoms with van der Waals surface area (Å²) in [6, 6.07) is 3.13. The smallest absolute Gasteiger partial charge is 0.0540 e. The number of hydrogen-bond donors (Lipinski definition) is 0. The zero-order valence-electron chi connectivity index (χ0n) is 12.2. The van der Waals surface area contributed by atoms with Crippen LogP contribution in [0, 0.1) is 11.8 Å². The highest BCUT2D eigenvalue weighted by Gasteiger charge is 2.37. The molecule has 0 spiro atoms. The minimum Gasteiger partial charge on any atom is -0.0689 e. The number of rotatable bonds is 5. The summed E-state index contributed by atoms with van der Waals surface area (Å²) in [6.45, 7) is 12.4. The third-order valence-electron chi connectivity index (χ3n) is 4.34. The van der Waals surface area contributed by atoms with E-state index in [-0.39, 0.29) is 0 Å². The molecule has 1 heteroatoms. The van der Waals surface area contributed by atoms with Crippen LogP contribution in [-0.2, 0) is 0 Å². The first-order chi connectivity index (χ1) is 7.44. The molecule has 0 amide bonds. The first kappa shape index (κ1) is 14.3. The molecule has 0 bridgehead atoms. The molecule has 0 aromatic carbocycles. The zero-order chi connectivity index (χ0) is 12.2. The van der Waals surface area contributed by atoms with Crippen LogP contribution in [0.5, 0.6) is 0 Å². The topological polar surface area (TPSA) is 0 Å². The van der Waals surface area contributed by atoms with Crippen LogP contribution in [0.4, 0.5) is 0 Å². The molecule has 0 aromatic heterocycles. The molecule has 0 atom stereocenters. The van der Waals surface area contributed by atoms with E-state index in [1.54, 1.807) is 24.9 Å². The molecule has 0 nitrogen and oxygen atoms in total. The fraction of sp³-hybridized carbons (Fsp3) is 1.00. The first-order valence-corrected chi connectivity index (χ1v) is 10.4. The highest BCUT2D eigenvalue weighted by atomic mass is 28.3. The van der Waals surface area contributed by atoms with Crippen molar-refractivity contribution < 1.29 is 0 Å². The van der Waals surface area contributed by atoms with Gasteiger partial charge >= 0.3 is 0 Å². The molecule has 1 aliphatic rings. The van der Waals surface area contributed by atoms with Gasteiger partial charge in [0.05, 0.1) is 8.07 Å². The van der Waals surface area contributed by atoms with Crippen LogP contribution in [0.25, 0.3) is 0 Å². The standard InChI is InChI=1S/C15H32Si/c1-13(2)11-16(5,12-14(3)4)15-9-7-6-8-10-15/h13-15H,6-12H2,1-5H3. The van der Waals surface area contributed by atoms with Gasteiger partial charge in [0.25, 0.3) is 0 Å². The molecule has 0 saturated heterocycles. The molecule has 0 radical (unpaired) electrons. The van der Waals surface area contributed by atoms with E-state index in [2.05, 4.69) is 34.2 Å². The predicted octanol–water partition coefficient (Wildman–Crippen LogP) is 5.71. The molecule has 0 heterocycles. The lowest BCUT2D eigenvalue weighted by molar-refractivity contribution is 0.481. The van der Waals surface area contributed by atoms with Crippen LogP contribution < -0.4 is 0 Å². The molecular weight excluding hydrogens is 208 g/mol. The van der Waals surface area contributed by atoms with Crippen LogP contribution in [0.1, 0.15) is 59.8 Å². The van der Waals surface area contributed by atoms with Crippen molar-refractivity contribution in [1.82, 2.24) is 0 Å². The van der Waals surface area contributed by atoms with Crippen molar-refractivity contribution in [2.45, 2.75) is 84.0 Å². The maximum Gasteiger partial charge on any atom is 0.0540 e. The third kappa shape index (κ3) is 4.23. The van der Waals surface area contributed by atoms with Crippen molar-refractivity contribution in [3.05, 3.63) is 0 Å². The van der Waals surface area contributed by atoms with Crippen molar-refractivity contribution in [1.29, 1.82) is 0 Å². The van der Waals surface area contributed by atoms with Crippen molar-refractivity contribution in [2.24, 2.45) is 11.8 Å². The van der Waals surface area contributed by atoms with Gasteiger partial charge in [0.15, 0.2) is 0 Å². The van der Waals surface area contributed by atoms with Gasteiger partial charge in [-0.15, -0.1) is 0 Å². The molecule has 1 aliphatic carbocycles. The Morgan fingerprint density at radius 3 is 1.69 bits per heavy atom. The molecule has 0 unspecified atom stereocenters. The van der Waals surface area contributed by atoms with E-state index in [0.29, 0.717) is 0 Å². The predicted molar refractivity (Wildman–Crippen MR) is 77.7 cm³/mol. The maximum absolute atomic E-state index is 2.71. The second-order valence-electron chi connectivity index (χ2n) is 7.18. The Kier molecular flexibility index (Phi) is 5.56. The number of hydrogen-bond acceptors (Lipinski definition) is 0. The Hall–Kier alpha value is 0.217. The van der Waals surface area contributed by atoms with E-state index < -0.39 is 8.07 Å². The van der Waals surface area contributed by atoms with E-state index in [9.17, 15) is 0 Å². The monoisotopic (exact) mass is 240 g/mol. The molecule has 1 fully saturated rings. The molecule has 0 aliphatic heterocycles. The second-order valence-corrected chi connectivity index (χ2v) is 12.1. The fourth-order valence-electron chi connectivity index (χ4n) is 4.08. The molecule has 1 saturated carbocycles. The Morgan fingerprint density at radius 2 is 1.31 bits per heavy atom. The van der Waals surface area contributed by atoms with Crippen LogP contribution in [-0.4, -0.2) is 8.07 Å². The van der Waals surface area contributed by atoms with Crippen molar-refractivity contribution >= 4 is 8.07 Å². The lowest BCUT2D eigenvalue weighted by Crippen LogP contribution is -2.39. The van der Waals surface area contributed by atoms with E-state index >= 15 is 0 Å². The highest BCUT2D eigenvalue weighted by Crippen LogP contribution is 2.43. The maximum atomic E-state index is 2.71. The van der Waals surface area contributed by atoms with Crippen LogP contribution >= 0.6 is 0 Å². The summed E-state index contributed by atoms with van der Waals surface area (Å²) in [5.41, 5.74) is 1.14. The van der Waals surface area contributed by atoms with E-state index in [4.69, 9.17) is 0 Å². The third-order valence-corrected chi connectivity index (χ3v) is 10.4. The van der Waals surface area contributed by atoms with Gasteiger partial charge in [-0.2, -0.15) is 0 Å². The van der Waals surface area contributed by atoms with Gasteiger partial charge in [-0.25, -0.2) is 0 Å². The van der Waals surface area contributed by atoms with Crippen LogP contribution in [0.2, 0.25) is 24.2 Å². The lowest BCUT2D eigenvalue weighted by Gasteiger charge is -2.41. The molecule has 0 N–H and O–H groups in total. The Morgan fingerprint density at radius 1 is 0.875 bits per heavy atom. The zero-order valence-corrected chi connectivity index (χ0v) is 13.2. The largest absolute Gasteiger partial charge is 0.0689 e. The summed E-state index contributed by atoms with van der Waals surface area (Å²) in [7, 11) is -0.975.